The summed E-state index contributed by atoms with van der Waals surface area (Å²) in [6.07, 6.45) is 3.81. The van der Waals surface area contributed by atoms with Crippen LogP contribution in [0.5, 0.6) is 6.01 Å². The van der Waals surface area contributed by atoms with Crippen molar-refractivity contribution in [2.75, 3.05) is 19.7 Å². The maximum absolute atomic E-state index is 12.1. The van der Waals surface area contributed by atoms with Gasteiger partial charge in [-0.15, -0.1) is 0 Å². The molecule has 0 unspecified atom stereocenters. The number of piperidine rings is 1. The number of rotatable bonds is 5. The number of aryl methyl sites for hydroxylation is 1. The summed E-state index contributed by atoms with van der Waals surface area (Å²) >= 11 is 5.89. The third kappa shape index (κ3) is 7.06. The van der Waals surface area contributed by atoms with Gasteiger partial charge in [0, 0.05) is 18.8 Å². The molecule has 7 heteroatoms. The van der Waals surface area contributed by atoms with Crippen molar-refractivity contribution in [2.24, 2.45) is 5.92 Å². The predicted octanol–water partition coefficient (Wildman–Crippen LogP) is 4.24. The van der Waals surface area contributed by atoms with Crippen molar-refractivity contribution in [3.8, 4) is 6.01 Å². The SMILES string of the molecule is Cc1cc(Cl)nc(OCCCC2CCN(C(=O)OC(C)(C)C)CC2)n1. The highest BCUT2D eigenvalue weighted by molar-refractivity contribution is 6.29. The predicted molar refractivity (Wildman–Crippen MR) is 97.0 cm³/mol. The Morgan fingerprint density at radius 1 is 1.32 bits per heavy atom. The number of hydrogen-bond donors (Lipinski definition) is 0. The normalized spacial score (nSPS) is 16.0. The number of likely N-dealkylation sites (tertiary alicyclic amines) is 1. The lowest BCUT2D eigenvalue weighted by atomic mass is 9.92. The molecule has 1 aliphatic heterocycles. The Labute approximate surface area is 154 Å². The standard InChI is InChI=1S/C18H28ClN3O3/c1-13-12-15(19)21-16(20-13)24-11-5-6-14-7-9-22(10-8-14)17(23)25-18(2,3)4/h12,14H,5-11H2,1-4H3. The molecule has 1 saturated heterocycles. The topological polar surface area (TPSA) is 64.5 Å². The van der Waals surface area contributed by atoms with Gasteiger partial charge in [-0.05, 0) is 65.4 Å². The van der Waals surface area contributed by atoms with Crippen LogP contribution in [0.4, 0.5) is 4.79 Å². The molecule has 6 nitrogen and oxygen atoms in total. The first-order valence-corrected chi connectivity index (χ1v) is 9.22. The molecule has 0 saturated carbocycles. The summed E-state index contributed by atoms with van der Waals surface area (Å²) < 4.78 is 11.0. The fraction of sp³-hybridized carbons (Fsp3) is 0.722. The van der Waals surface area contributed by atoms with E-state index in [1.807, 2.05) is 27.7 Å². The van der Waals surface area contributed by atoms with E-state index in [1.165, 1.54) is 0 Å². The van der Waals surface area contributed by atoms with E-state index in [0.29, 0.717) is 23.7 Å². The Hall–Kier alpha value is -1.56. The van der Waals surface area contributed by atoms with E-state index in [9.17, 15) is 4.79 Å². The van der Waals surface area contributed by atoms with Crippen LogP contribution < -0.4 is 4.74 Å². The van der Waals surface area contributed by atoms with Crippen LogP contribution in [-0.4, -0.2) is 46.3 Å². The highest BCUT2D eigenvalue weighted by atomic mass is 35.5. The van der Waals surface area contributed by atoms with Crippen molar-refractivity contribution in [3.63, 3.8) is 0 Å². The molecule has 2 heterocycles. The van der Waals surface area contributed by atoms with Crippen LogP contribution in [0.3, 0.4) is 0 Å². The van der Waals surface area contributed by atoms with E-state index in [2.05, 4.69) is 9.97 Å². The lowest BCUT2D eigenvalue weighted by Gasteiger charge is -2.33. The molecule has 0 atom stereocenters. The number of amides is 1. The second kappa shape index (κ2) is 8.70. The number of carbonyl (C=O) groups excluding carboxylic acids is 1. The second-order valence-corrected chi connectivity index (χ2v) is 7.90. The maximum atomic E-state index is 12.1. The largest absolute Gasteiger partial charge is 0.463 e. The summed E-state index contributed by atoms with van der Waals surface area (Å²) in [5, 5.41) is 0.400. The minimum absolute atomic E-state index is 0.206. The third-order valence-corrected chi connectivity index (χ3v) is 4.25. The molecule has 0 bridgehead atoms. The van der Waals surface area contributed by atoms with Gasteiger partial charge in [-0.1, -0.05) is 11.6 Å². The minimum atomic E-state index is -0.438. The molecule has 1 aliphatic rings. The van der Waals surface area contributed by atoms with E-state index in [4.69, 9.17) is 21.1 Å². The lowest BCUT2D eigenvalue weighted by molar-refractivity contribution is 0.0179. The summed E-state index contributed by atoms with van der Waals surface area (Å²) in [4.78, 5) is 22.1. The molecule has 1 amide bonds. The number of carbonyl (C=O) groups is 1. The van der Waals surface area contributed by atoms with Gasteiger partial charge >= 0.3 is 12.1 Å². The van der Waals surface area contributed by atoms with Crippen molar-refractivity contribution in [1.82, 2.24) is 14.9 Å². The summed E-state index contributed by atoms with van der Waals surface area (Å²) in [6.45, 7) is 9.63. The third-order valence-electron chi connectivity index (χ3n) is 4.06. The molecular formula is C18H28ClN3O3. The van der Waals surface area contributed by atoms with Gasteiger partial charge in [-0.25, -0.2) is 9.78 Å². The van der Waals surface area contributed by atoms with Crippen LogP contribution in [0.2, 0.25) is 5.15 Å². The number of hydrogen-bond acceptors (Lipinski definition) is 5. The van der Waals surface area contributed by atoms with Gasteiger partial charge in [0.1, 0.15) is 10.8 Å². The summed E-state index contributed by atoms with van der Waals surface area (Å²) in [7, 11) is 0. The molecule has 1 fully saturated rings. The first kappa shape index (κ1) is 19.8. The van der Waals surface area contributed by atoms with Crippen molar-refractivity contribution >= 4 is 17.7 Å². The van der Waals surface area contributed by atoms with Crippen molar-refractivity contribution in [3.05, 3.63) is 16.9 Å². The number of nitrogens with zero attached hydrogens (tertiary/aromatic N) is 3. The zero-order chi connectivity index (χ0) is 18.4. The number of ether oxygens (including phenoxy) is 2. The van der Waals surface area contributed by atoms with Gasteiger partial charge in [0.2, 0.25) is 0 Å². The van der Waals surface area contributed by atoms with Crippen LogP contribution in [0.15, 0.2) is 6.07 Å². The van der Waals surface area contributed by atoms with Crippen LogP contribution in [0, 0.1) is 12.8 Å². The molecule has 2 rings (SSSR count). The lowest BCUT2D eigenvalue weighted by Crippen LogP contribution is -2.41. The van der Waals surface area contributed by atoms with E-state index < -0.39 is 5.60 Å². The number of aromatic nitrogens is 2. The van der Waals surface area contributed by atoms with Gasteiger partial charge in [0.15, 0.2) is 0 Å². The Morgan fingerprint density at radius 2 is 2.00 bits per heavy atom. The van der Waals surface area contributed by atoms with Gasteiger partial charge in [-0.3, -0.25) is 0 Å². The molecule has 1 aromatic rings. The first-order valence-electron chi connectivity index (χ1n) is 8.85. The molecule has 25 heavy (non-hydrogen) atoms. The van der Waals surface area contributed by atoms with E-state index >= 15 is 0 Å². The number of halogens is 1. The molecule has 140 valence electrons. The molecule has 0 spiro atoms. The molecule has 0 radical (unpaired) electrons. The fourth-order valence-electron chi connectivity index (χ4n) is 2.83. The quantitative estimate of drug-likeness (QED) is 0.573. The fourth-order valence-corrected chi connectivity index (χ4v) is 3.07. The van der Waals surface area contributed by atoms with Gasteiger partial charge < -0.3 is 14.4 Å². The molecule has 0 aliphatic carbocycles. The highest BCUT2D eigenvalue weighted by Crippen LogP contribution is 2.23. The average molecular weight is 370 g/mol. The Morgan fingerprint density at radius 3 is 2.60 bits per heavy atom. The van der Waals surface area contributed by atoms with E-state index in [1.54, 1.807) is 11.0 Å². The molecule has 0 N–H and O–H groups in total. The average Bonchev–Trinajstić information content (AvgIpc) is 2.49. The van der Waals surface area contributed by atoms with Gasteiger partial charge in [0.25, 0.3) is 0 Å². The molecular weight excluding hydrogens is 342 g/mol. The maximum Gasteiger partial charge on any atom is 0.410 e. The smallest absolute Gasteiger partial charge is 0.410 e. The monoisotopic (exact) mass is 369 g/mol. The van der Waals surface area contributed by atoms with Crippen molar-refractivity contribution in [2.45, 2.75) is 59.0 Å². The first-order chi connectivity index (χ1) is 11.7. The Balaban J connectivity index is 1.64. The van der Waals surface area contributed by atoms with Gasteiger partial charge in [0.05, 0.1) is 6.61 Å². The summed E-state index contributed by atoms with van der Waals surface area (Å²) in [5.41, 5.74) is 0.357. The van der Waals surface area contributed by atoms with Gasteiger partial charge in [-0.2, -0.15) is 4.98 Å². The molecule has 0 aromatic carbocycles. The van der Waals surface area contributed by atoms with Crippen LogP contribution in [0.1, 0.15) is 52.1 Å². The van der Waals surface area contributed by atoms with Crippen LogP contribution in [-0.2, 0) is 4.74 Å². The Kier molecular flexibility index (Phi) is 6.87. The van der Waals surface area contributed by atoms with E-state index in [-0.39, 0.29) is 6.09 Å². The second-order valence-electron chi connectivity index (χ2n) is 7.52. The highest BCUT2D eigenvalue weighted by Gasteiger charge is 2.26. The van der Waals surface area contributed by atoms with E-state index in [0.717, 1.165) is 44.5 Å². The minimum Gasteiger partial charge on any atom is -0.463 e. The molecule has 1 aromatic heterocycles. The van der Waals surface area contributed by atoms with Crippen molar-refractivity contribution < 1.29 is 14.3 Å². The van der Waals surface area contributed by atoms with Crippen LogP contribution >= 0.6 is 11.6 Å². The zero-order valence-corrected chi connectivity index (χ0v) is 16.3. The van der Waals surface area contributed by atoms with Crippen LogP contribution in [0.25, 0.3) is 0 Å². The summed E-state index contributed by atoms with van der Waals surface area (Å²) in [6, 6.07) is 2.04. The zero-order valence-electron chi connectivity index (χ0n) is 15.5. The summed E-state index contributed by atoms with van der Waals surface area (Å²) in [5.74, 6) is 0.615. The Bertz CT molecular complexity index is 561. The van der Waals surface area contributed by atoms with Crippen molar-refractivity contribution in [1.29, 1.82) is 0 Å².